The van der Waals surface area contributed by atoms with Gasteiger partial charge in [0.05, 0.1) is 0 Å². The zero-order chi connectivity index (χ0) is 25.2. The molecule has 1 atom stereocenters. The van der Waals surface area contributed by atoms with Crippen LogP contribution in [0.25, 0.3) is 0 Å². The van der Waals surface area contributed by atoms with Crippen LogP contribution in [-0.4, -0.2) is 43.2 Å². The molecule has 0 fully saturated rings. The summed E-state index contributed by atoms with van der Waals surface area (Å²) in [5.74, 6) is -1.37. The van der Waals surface area contributed by atoms with E-state index in [4.69, 9.17) is 0 Å². The molecule has 0 aromatic heterocycles. The number of amides is 1. The topological polar surface area (TPSA) is 66.9 Å². The summed E-state index contributed by atoms with van der Waals surface area (Å²) >= 11 is 0. The van der Waals surface area contributed by atoms with Crippen LogP contribution in [0.15, 0.2) is 77.7 Å². The molecule has 35 heavy (non-hydrogen) atoms. The van der Waals surface area contributed by atoms with E-state index in [1.54, 1.807) is 24.3 Å². The first-order valence-corrected chi connectivity index (χ1v) is 12.2. The molecular weight excluding hydrogens is 481 g/mol. The lowest BCUT2D eigenvalue weighted by Gasteiger charge is -2.37. The van der Waals surface area contributed by atoms with Gasteiger partial charge in [0.1, 0.15) is 22.5 Å². The molecule has 0 spiro atoms. The molecule has 0 bridgehead atoms. The maximum atomic E-state index is 14.5. The number of carbonyl (C=O) groups excluding carboxylic acids is 1. The van der Waals surface area contributed by atoms with Crippen molar-refractivity contribution >= 4 is 15.9 Å². The van der Waals surface area contributed by atoms with E-state index < -0.39 is 39.3 Å². The normalized spacial score (nSPS) is 16.1. The van der Waals surface area contributed by atoms with Gasteiger partial charge in [0.15, 0.2) is 0 Å². The standard InChI is InChI=1S/C25H23F3N2O4S/c1-29(15-17-10-12-20(13-11-17)34-25(27)28)24(31)22-14-18-6-2-3-7-19(18)16-30(22)35(32,33)23-9-5-4-8-21(23)26/h2-13,22,25H,14-16H2,1H3. The smallest absolute Gasteiger partial charge is 0.387 e. The second kappa shape index (κ2) is 10.1. The first-order valence-electron chi connectivity index (χ1n) is 10.8. The summed E-state index contributed by atoms with van der Waals surface area (Å²) in [4.78, 5) is 14.4. The highest BCUT2D eigenvalue weighted by atomic mass is 32.2. The van der Waals surface area contributed by atoms with Gasteiger partial charge < -0.3 is 9.64 Å². The fourth-order valence-corrected chi connectivity index (χ4v) is 5.75. The Hall–Kier alpha value is -3.37. The molecule has 0 saturated carbocycles. The van der Waals surface area contributed by atoms with Gasteiger partial charge >= 0.3 is 6.61 Å². The Kier molecular flexibility index (Phi) is 7.13. The van der Waals surface area contributed by atoms with E-state index >= 15 is 0 Å². The molecule has 3 aromatic carbocycles. The average Bonchev–Trinajstić information content (AvgIpc) is 2.83. The van der Waals surface area contributed by atoms with Crippen LogP contribution in [0.2, 0.25) is 0 Å². The summed E-state index contributed by atoms with van der Waals surface area (Å²) in [6, 6.07) is 17.0. The molecule has 4 rings (SSSR count). The van der Waals surface area contributed by atoms with Crippen LogP contribution in [0, 0.1) is 5.82 Å². The van der Waals surface area contributed by atoms with Crippen molar-refractivity contribution in [3.63, 3.8) is 0 Å². The zero-order valence-corrected chi connectivity index (χ0v) is 19.6. The number of rotatable bonds is 7. The molecule has 10 heteroatoms. The van der Waals surface area contributed by atoms with Crippen LogP contribution in [0.3, 0.4) is 0 Å². The van der Waals surface area contributed by atoms with Crippen molar-refractivity contribution in [2.24, 2.45) is 0 Å². The highest BCUT2D eigenvalue weighted by Crippen LogP contribution is 2.31. The van der Waals surface area contributed by atoms with Crippen molar-refractivity contribution in [3.05, 3.63) is 95.3 Å². The van der Waals surface area contributed by atoms with Crippen LogP contribution >= 0.6 is 0 Å². The molecule has 184 valence electrons. The van der Waals surface area contributed by atoms with Crippen LogP contribution in [0.5, 0.6) is 5.75 Å². The third kappa shape index (κ3) is 5.33. The van der Waals surface area contributed by atoms with Gasteiger partial charge in [0.25, 0.3) is 0 Å². The molecule has 6 nitrogen and oxygen atoms in total. The lowest BCUT2D eigenvalue weighted by molar-refractivity contribution is -0.135. The summed E-state index contributed by atoms with van der Waals surface area (Å²) in [6.45, 7) is -2.90. The number of likely N-dealkylation sites (N-methyl/N-ethyl adjacent to an activating group) is 1. The second-order valence-electron chi connectivity index (χ2n) is 8.19. The van der Waals surface area contributed by atoms with Crippen molar-refractivity contribution in [1.82, 2.24) is 9.21 Å². The van der Waals surface area contributed by atoms with E-state index in [9.17, 15) is 26.4 Å². The van der Waals surface area contributed by atoms with Crippen LogP contribution in [0.4, 0.5) is 13.2 Å². The Labute approximate surface area is 201 Å². The molecule has 0 N–H and O–H groups in total. The van der Waals surface area contributed by atoms with Crippen molar-refractivity contribution in [3.8, 4) is 5.75 Å². The largest absolute Gasteiger partial charge is 0.435 e. The fraction of sp³-hybridized carbons (Fsp3) is 0.240. The number of hydrogen-bond donors (Lipinski definition) is 0. The van der Waals surface area contributed by atoms with E-state index in [1.165, 1.54) is 42.3 Å². The molecule has 1 unspecified atom stereocenters. The molecule has 1 aliphatic heterocycles. The van der Waals surface area contributed by atoms with Gasteiger partial charge in [-0.05, 0) is 47.4 Å². The number of carbonyl (C=O) groups is 1. The average molecular weight is 505 g/mol. The maximum Gasteiger partial charge on any atom is 0.387 e. The van der Waals surface area contributed by atoms with Gasteiger partial charge in [-0.3, -0.25) is 4.79 Å². The Morgan fingerprint density at radius 3 is 2.31 bits per heavy atom. The van der Waals surface area contributed by atoms with Crippen molar-refractivity contribution in [2.75, 3.05) is 7.05 Å². The quantitative estimate of drug-likeness (QED) is 0.484. The molecule has 3 aromatic rings. The highest BCUT2D eigenvalue weighted by molar-refractivity contribution is 7.89. The van der Waals surface area contributed by atoms with Gasteiger partial charge in [-0.25, -0.2) is 12.8 Å². The van der Waals surface area contributed by atoms with Gasteiger partial charge in [-0.15, -0.1) is 0 Å². The van der Waals surface area contributed by atoms with E-state index in [-0.39, 0.29) is 25.3 Å². The molecular formula is C25H23F3N2O4S. The van der Waals surface area contributed by atoms with Gasteiger partial charge in [0.2, 0.25) is 15.9 Å². The minimum atomic E-state index is -4.33. The molecule has 0 saturated heterocycles. The summed E-state index contributed by atoms with van der Waals surface area (Å²) < 4.78 is 71.6. The van der Waals surface area contributed by atoms with Gasteiger partial charge in [-0.1, -0.05) is 48.5 Å². The number of ether oxygens (including phenoxy) is 1. The Morgan fingerprint density at radius 2 is 1.66 bits per heavy atom. The number of nitrogens with zero attached hydrogens (tertiary/aromatic N) is 2. The first kappa shape index (κ1) is 24.7. The number of alkyl halides is 2. The van der Waals surface area contributed by atoms with Gasteiger partial charge in [-0.2, -0.15) is 13.1 Å². The minimum absolute atomic E-state index is 0.0104. The van der Waals surface area contributed by atoms with E-state index in [2.05, 4.69) is 4.74 Å². The lowest BCUT2D eigenvalue weighted by Crippen LogP contribution is -2.52. The van der Waals surface area contributed by atoms with E-state index in [0.717, 1.165) is 21.5 Å². The van der Waals surface area contributed by atoms with E-state index in [1.807, 2.05) is 12.1 Å². The zero-order valence-electron chi connectivity index (χ0n) is 18.8. The van der Waals surface area contributed by atoms with Crippen LogP contribution < -0.4 is 4.74 Å². The number of halogens is 3. The monoisotopic (exact) mass is 504 g/mol. The lowest BCUT2D eigenvalue weighted by atomic mass is 9.95. The molecule has 0 aliphatic carbocycles. The molecule has 1 aliphatic rings. The molecule has 0 radical (unpaired) electrons. The molecule has 1 heterocycles. The minimum Gasteiger partial charge on any atom is -0.435 e. The third-order valence-corrected chi connectivity index (χ3v) is 7.75. The SMILES string of the molecule is CN(Cc1ccc(OC(F)F)cc1)C(=O)C1Cc2ccccc2CN1S(=O)(=O)c1ccccc1F. The predicted molar refractivity (Wildman–Crippen MR) is 123 cm³/mol. The fourth-order valence-electron chi connectivity index (χ4n) is 4.12. The predicted octanol–water partition coefficient (Wildman–Crippen LogP) is 4.20. The number of sulfonamides is 1. The highest BCUT2D eigenvalue weighted by Gasteiger charge is 2.41. The third-order valence-electron chi connectivity index (χ3n) is 5.86. The Bertz CT molecular complexity index is 1320. The van der Waals surface area contributed by atoms with Crippen molar-refractivity contribution in [2.45, 2.75) is 37.1 Å². The summed E-state index contributed by atoms with van der Waals surface area (Å²) in [5.41, 5.74) is 2.23. The number of hydrogen-bond acceptors (Lipinski definition) is 4. The second-order valence-corrected chi connectivity index (χ2v) is 10.0. The van der Waals surface area contributed by atoms with Crippen molar-refractivity contribution in [1.29, 1.82) is 0 Å². The Balaban J connectivity index is 1.62. The summed E-state index contributed by atoms with van der Waals surface area (Å²) in [7, 11) is -2.80. The van der Waals surface area contributed by atoms with Crippen LogP contribution in [-0.2, 0) is 34.3 Å². The summed E-state index contributed by atoms with van der Waals surface area (Å²) in [5, 5.41) is 0. The number of benzene rings is 3. The van der Waals surface area contributed by atoms with Gasteiger partial charge in [0, 0.05) is 20.1 Å². The summed E-state index contributed by atoms with van der Waals surface area (Å²) in [6.07, 6.45) is 0.133. The number of fused-ring (bicyclic) bond motifs is 1. The Morgan fingerprint density at radius 1 is 1.03 bits per heavy atom. The maximum absolute atomic E-state index is 14.5. The first-order chi connectivity index (χ1) is 16.7. The van der Waals surface area contributed by atoms with Crippen LogP contribution in [0.1, 0.15) is 16.7 Å². The van der Waals surface area contributed by atoms with Crippen molar-refractivity contribution < 1.29 is 31.1 Å². The molecule has 1 amide bonds. The van der Waals surface area contributed by atoms with E-state index in [0.29, 0.717) is 5.56 Å².